The van der Waals surface area contributed by atoms with Crippen molar-refractivity contribution >= 4 is 28.6 Å². The van der Waals surface area contributed by atoms with Crippen molar-refractivity contribution in [1.29, 1.82) is 0 Å². The largest absolute Gasteiger partial charge is 0.416 e. The summed E-state index contributed by atoms with van der Waals surface area (Å²) in [6.45, 7) is -4.02. The van der Waals surface area contributed by atoms with Crippen LogP contribution >= 0.6 is 11.8 Å². The number of carbonyl (C=O) groups excluding carboxylic acids is 1. The number of hydrogen-bond donors (Lipinski definition) is 0. The molecule has 0 radical (unpaired) electrons. The Morgan fingerprint density at radius 2 is 1.64 bits per heavy atom. The quantitative estimate of drug-likeness (QED) is 0.0941. The number of piperidine rings is 1. The summed E-state index contributed by atoms with van der Waals surface area (Å²) < 4.78 is 118. The molecule has 0 saturated carbocycles. The van der Waals surface area contributed by atoms with Crippen molar-refractivity contribution in [3.8, 4) is 11.1 Å². The van der Waals surface area contributed by atoms with Gasteiger partial charge in [0, 0.05) is 58.2 Å². The summed E-state index contributed by atoms with van der Waals surface area (Å²) in [5.41, 5.74) is 0.739. The summed E-state index contributed by atoms with van der Waals surface area (Å²) >= 11 is 1.03. The number of halogens is 5. The monoisotopic (exact) mass is 754 g/mol. The van der Waals surface area contributed by atoms with Crippen LogP contribution in [0.15, 0.2) is 107 Å². The Morgan fingerprint density at radius 1 is 0.981 bits per heavy atom. The minimum atomic E-state index is -4.50. The minimum absolute atomic E-state index is 0.00844. The fourth-order valence-electron chi connectivity index (χ4n) is 6.51. The van der Waals surface area contributed by atoms with Crippen molar-refractivity contribution in [1.82, 2.24) is 14.4 Å². The highest BCUT2D eigenvalue weighted by molar-refractivity contribution is 7.98. The predicted octanol–water partition coefficient (Wildman–Crippen LogP) is 8.96. The van der Waals surface area contributed by atoms with Crippen LogP contribution in [0.4, 0.5) is 22.0 Å². The standard InChI is InChI=1S/C41H40F5N3O3S/c1-27(28-10-12-29(13-11-28)30-14-16-32(17-15-30)41(44,45)46)49(33-18-20-47(21-19-33)22-23-52-2)38(51)25-48-36-9-4-3-7-34(36)37(50)24-39(48)53-26-31-6-5-8-35(42)40(31)43/h3-17,24,27,33H,18-23,25-26H2,1-2H3/i22D2,23D2,27D. The van der Waals surface area contributed by atoms with Crippen molar-refractivity contribution in [3.63, 3.8) is 0 Å². The zero-order valence-electron chi connectivity index (χ0n) is 33.9. The molecule has 5 aromatic rings. The highest BCUT2D eigenvalue weighted by Crippen LogP contribution is 2.34. The van der Waals surface area contributed by atoms with E-state index in [0.29, 0.717) is 27.6 Å². The van der Waals surface area contributed by atoms with Gasteiger partial charge < -0.3 is 19.1 Å². The van der Waals surface area contributed by atoms with E-state index < -0.39 is 54.4 Å². The van der Waals surface area contributed by atoms with E-state index in [9.17, 15) is 32.9 Å². The van der Waals surface area contributed by atoms with E-state index in [0.717, 1.165) is 37.1 Å². The van der Waals surface area contributed by atoms with Gasteiger partial charge in [0.25, 0.3) is 0 Å². The molecule has 0 bridgehead atoms. The molecule has 1 aliphatic rings. The number of fused-ring (bicyclic) bond motifs is 1. The van der Waals surface area contributed by atoms with Gasteiger partial charge in [-0.15, -0.1) is 11.8 Å². The molecule has 6 nitrogen and oxygen atoms in total. The Bertz CT molecular complexity index is 2340. The van der Waals surface area contributed by atoms with E-state index in [-0.39, 0.29) is 54.2 Å². The molecule has 0 N–H and O–H groups in total. The minimum Gasteiger partial charge on any atom is -0.383 e. The molecule has 278 valence electrons. The number of alkyl halides is 3. The summed E-state index contributed by atoms with van der Waals surface area (Å²) in [6, 6.07) is 20.5. The Hall–Kier alpha value is -4.52. The molecule has 1 aliphatic heterocycles. The van der Waals surface area contributed by atoms with Gasteiger partial charge in [-0.2, -0.15) is 13.2 Å². The summed E-state index contributed by atoms with van der Waals surface area (Å²) in [7, 11) is 1.07. The number of pyridine rings is 1. The van der Waals surface area contributed by atoms with E-state index in [1.54, 1.807) is 53.1 Å². The topological polar surface area (TPSA) is 54.8 Å². The van der Waals surface area contributed by atoms with E-state index >= 15 is 0 Å². The van der Waals surface area contributed by atoms with Crippen LogP contribution in [0, 0.1) is 11.6 Å². The van der Waals surface area contributed by atoms with Gasteiger partial charge in [0.2, 0.25) is 5.91 Å². The van der Waals surface area contributed by atoms with Crippen LogP contribution < -0.4 is 5.43 Å². The molecule has 1 unspecified atom stereocenters. The van der Waals surface area contributed by atoms with Gasteiger partial charge in [-0.1, -0.05) is 60.7 Å². The highest BCUT2D eigenvalue weighted by Gasteiger charge is 2.33. The lowest BCUT2D eigenvalue weighted by molar-refractivity contribution is -0.138. The molecule has 12 heteroatoms. The van der Waals surface area contributed by atoms with Gasteiger partial charge >= 0.3 is 6.18 Å². The second-order valence-electron chi connectivity index (χ2n) is 12.6. The normalized spacial score (nSPS) is 17.3. The summed E-state index contributed by atoms with van der Waals surface area (Å²) in [5.74, 6) is -2.68. The van der Waals surface area contributed by atoms with Crippen LogP contribution in [-0.4, -0.2) is 59.6 Å². The van der Waals surface area contributed by atoms with Gasteiger partial charge in [0.1, 0.15) is 6.54 Å². The van der Waals surface area contributed by atoms with E-state index in [1.807, 2.05) is 0 Å². The zero-order valence-corrected chi connectivity index (χ0v) is 29.7. The Balaban J connectivity index is 1.37. The van der Waals surface area contributed by atoms with E-state index in [1.165, 1.54) is 47.1 Å². The molecule has 6 rings (SSSR count). The Morgan fingerprint density at radius 3 is 2.30 bits per heavy atom. The fourth-order valence-corrected chi connectivity index (χ4v) is 7.55. The molecule has 1 fully saturated rings. The number of aromatic nitrogens is 1. The van der Waals surface area contributed by atoms with Crippen molar-refractivity contribution < 1.29 is 38.3 Å². The molecule has 4 aromatic carbocycles. The molecule has 53 heavy (non-hydrogen) atoms. The number of para-hydroxylation sites is 1. The van der Waals surface area contributed by atoms with Crippen molar-refractivity contribution in [2.24, 2.45) is 0 Å². The second kappa shape index (κ2) is 16.7. The van der Waals surface area contributed by atoms with E-state index in [4.69, 9.17) is 10.2 Å². The van der Waals surface area contributed by atoms with Crippen LogP contribution in [0.1, 0.15) is 49.3 Å². The third-order valence-electron chi connectivity index (χ3n) is 9.30. The third-order valence-corrected chi connectivity index (χ3v) is 10.4. The molecule has 1 saturated heterocycles. The van der Waals surface area contributed by atoms with Gasteiger partial charge in [0.05, 0.1) is 32.8 Å². The van der Waals surface area contributed by atoms with Crippen LogP contribution in [0.25, 0.3) is 22.0 Å². The number of hydrogen-bond acceptors (Lipinski definition) is 5. The van der Waals surface area contributed by atoms with Gasteiger partial charge in [-0.3, -0.25) is 9.59 Å². The number of ether oxygens (including phenoxy) is 1. The lowest BCUT2D eigenvalue weighted by Crippen LogP contribution is -2.49. The lowest BCUT2D eigenvalue weighted by Gasteiger charge is -2.42. The van der Waals surface area contributed by atoms with Crippen LogP contribution in [0.5, 0.6) is 0 Å². The molecule has 2 heterocycles. The number of rotatable bonds is 12. The maximum absolute atomic E-state index is 14.9. The summed E-state index contributed by atoms with van der Waals surface area (Å²) in [4.78, 5) is 30.9. The van der Waals surface area contributed by atoms with E-state index in [2.05, 4.69) is 0 Å². The first-order valence-corrected chi connectivity index (χ1v) is 17.8. The van der Waals surface area contributed by atoms with Crippen molar-refractivity contribution in [2.75, 3.05) is 33.3 Å². The number of likely N-dealkylation sites (tertiary alicyclic amines) is 1. The average Bonchev–Trinajstić information content (AvgIpc) is 3.19. The maximum atomic E-state index is 14.9. The first-order valence-electron chi connectivity index (χ1n) is 19.3. The van der Waals surface area contributed by atoms with Gasteiger partial charge in [-0.05, 0) is 66.8 Å². The van der Waals surface area contributed by atoms with Crippen molar-refractivity contribution in [2.45, 2.75) is 55.3 Å². The maximum Gasteiger partial charge on any atom is 0.416 e. The molecule has 1 atom stereocenters. The number of benzene rings is 4. The number of methoxy groups -OCH3 is 1. The Kier molecular flexibility index (Phi) is 10.0. The van der Waals surface area contributed by atoms with Crippen LogP contribution in [-0.2, 0) is 28.0 Å². The molecule has 0 aliphatic carbocycles. The van der Waals surface area contributed by atoms with Crippen molar-refractivity contribution in [3.05, 3.63) is 136 Å². The second-order valence-corrected chi connectivity index (χ2v) is 13.6. The molecular weight excluding hydrogens is 710 g/mol. The van der Waals surface area contributed by atoms with Crippen LogP contribution in [0.2, 0.25) is 0 Å². The lowest BCUT2D eigenvalue weighted by atomic mass is 9.96. The molecule has 1 amide bonds. The predicted molar refractivity (Wildman–Crippen MR) is 198 cm³/mol. The Labute approximate surface area is 316 Å². The number of carbonyl (C=O) groups is 1. The third kappa shape index (κ3) is 8.83. The smallest absolute Gasteiger partial charge is 0.383 e. The first-order chi connectivity index (χ1) is 27.3. The SMILES string of the molecule is [2H]C(C)(c1ccc(-c2ccc(C(F)(F)F)cc2)cc1)N(C(=O)Cn1c(SCc2cccc(F)c2F)cc(=O)c2ccccc21)C1CCN(C([2H])([2H])C([2H])([2H])OC)CC1. The molecular formula is C41H40F5N3O3S. The fraction of sp³-hybridized carbons (Fsp3) is 0.317. The molecule has 1 aromatic heterocycles. The summed E-state index contributed by atoms with van der Waals surface area (Å²) in [6.07, 6.45) is -4.21. The van der Waals surface area contributed by atoms with Gasteiger partial charge in [-0.25, -0.2) is 8.78 Å². The van der Waals surface area contributed by atoms with Crippen LogP contribution in [0.3, 0.4) is 0 Å². The zero-order chi connectivity index (χ0) is 42.2. The number of thioether (sulfide) groups is 1. The average molecular weight is 755 g/mol. The number of nitrogens with zero attached hydrogens (tertiary/aromatic N) is 3. The number of amides is 1. The summed E-state index contributed by atoms with van der Waals surface area (Å²) in [5, 5.41) is 0.594. The van der Waals surface area contributed by atoms with Gasteiger partial charge in [0.15, 0.2) is 17.1 Å². The highest BCUT2D eigenvalue weighted by atomic mass is 32.2. The first kappa shape index (κ1) is 32.0. The molecule has 0 spiro atoms.